The van der Waals surface area contributed by atoms with Gasteiger partial charge in [0, 0.05) is 0 Å². The van der Waals surface area contributed by atoms with E-state index in [0.29, 0.717) is 0 Å². The Morgan fingerprint density at radius 3 is 2.21 bits per heavy atom. The second-order valence-corrected chi connectivity index (χ2v) is 6.81. The molecule has 0 aliphatic rings. The zero-order valence-electron chi connectivity index (χ0n) is 13.2. The lowest BCUT2D eigenvalue weighted by molar-refractivity contribution is 0.774. The topological polar surface area (TPSA) is 24.9 Å². The second-order valence-electron chi connectivity index (χ2n) is 5.78. The van der Waals surface area contributed by atoms with E-state index in [4.69, 9.17) is 4.98 Å². The summed E-state index contributed by atoms with van der Waals surface area (Å²) in [5, 5.41) is 4.61. The average molecular weight is 330 g/mol. The third-order valence-electron chi connectivity index (χ3n) is 4.08. The lowest BCUT2D eigenvalue weighted by atomic mass is 9.99. The Labute approximate surface area is 145 Å². The minimum absolute atomic E-state index is 0.203. The van der Waals surface area contributed by atoms with E-state index in [0.717, 1.165) is 17.1 Å². The van der Waals surface area contributed by atoms with Crippen molar-refractivity contribution in [3.8, 4) is 0 Å². The van der Waals surface area contributed by atoms with Crippen LogP contribution in [0, 0.1) is 0 Å². The molecule has 0 amide bonds. The van der Waals surface area contributed by atoms with E-state index in [9.17, 15) is 0 Å². The zero-order chi connectivity index (χ0) is 16.2. The average Bonchev–Trinajstić information content (AvgIpc) is 3.05. The number of hydrogen-bond donors (Lipinski definition) is 1. The molecule has 3 heteroatoms. The summed E-state index contributed by atoms with van der Waals surface area (Å²) >= 11 is 1.71. The lowest BCUT2D eigenvalue weighted by Gasteiger charge is -2.19. The summed E-state index contributed by atoms with van der Waals surface area (Å²) < 4.78 is 1.21. The van der Waals surface area contributed by atoms with Gasteiger partial charge in [0.2, 0.25) is 0 Å². The Bertz CT molecular complexity index is 883. The van der Waals surface area contributed by atoms with E-state index in [1.807, 2.05) is 6.07 Å². The number of thiazole rings is 1. The molecule has 0 spiro atoms. The number of nitrogens with one attached hydrogen (secondary N) is 1. The highest BCUT2D eigenvalue weighted by atomic mass is 32.1. The first-order valence-electron chi connectivity index (χ1n) is 8.09. The van der Waals surface area contributed by atoms with Gasteiger partial charge in [0.05, 0.1) is 16.3 Å². The molecule has 0 aliphatic carbocycles. The van der Waals surface area contributed by atoms with E-state index < -0.39 is 0 Å². The first-order valence-corrected chi connectivity index (χ1v) is 8.91. The van der Waals surface area contributed by atoms with Crippen LogP contribution in [0.5, 0.6) is 0 Å². The van der Waals surface area contributed by atoms with Crippen LogP contribution in [0.15, 0.2) is 84.9 Å². The summed E-state index contributed by atoms with van der Waals surface area (Å²) in [6, 6.07) is 29.7. The van der Waals surface area contributed by atoms with Crippen LogP contribution in [0.1, 0.15) is 17.2 Å². The van der Waals surface area contributed by atoms with E-state index in [1.54, 1.807) is 11.3 Å². The molecule has 24 heavy (non-hydrogen) atoms. The SMILES string of the molecule is c1ccc(CC(Nc2nc3ccccc3s2)c2ccccc2)cc1. The summed E-state index contributed by atoms with van der Waals surface area (Å²) in [6.45, 7) is 0. The van der Waals surface area contributed by atoms with Gasteiger partial charge in [0.1, 0.15) is 0 Å². The molecule has 2 nitrogen and oxygen atoms in total. The second kappa shape index (κ2) is 6.85. The Kier molecular flexibility index (Phi) is 4.26. The molecule has 4 aromatic rings. The van der Waals surface area contributed by atoms with Crippen molar-refractivity contribution in [1.29, 1.82) is 0 Å². The minimum atomic E-state index is 0.203. The molecule has 3 aromatic carbocycles. The third-order valence-corrected chi connectivity index (χ3v) is 5.04. The van der Waals surface area contributed by atoms with Crippen molar-refractivity contribution >= 4 is 26.7 Å². The van der Waals surface area contributed by atoms with Crippen molar-refractivity contribution < 1.29 is 0 Å². The van der Waals surface area contributed by atoms with E-state index in [-0.39, 0.29) is 6.04 Å². The minimum Gasteiger partial charge on any atom is -0.354 e. The molecule has 4 rings (SSSR count). The number of anilines is 1. The van der Waals surface area contributed by atoms with Gasteiger partial charge < -0.3 is 5.32 Å². The molecule has 1 atom stereocenters. The van der Waals surface area contributed by atoms with E-state index in [2.05, 4.69) is 84.2 Å². The maximum absolute atomic E-state index is 4.73. The van der Waals surface area contributed by atoms with Gasteiger partial charge in [0.25, 0.3) is 0 Å². The van der Waals surface area contributed by atoms with Crippen molar-refractivity contribution in [2.75, 3.05) is 5.32 Å². The van der Waals surface area contributed by atoms with Crippen molar-refractivity contribution in [2.45, 2.75) is 12.5 Å². The largest absolute Gasteiger partial charge is 0.354 e. The monoisotopic (exact) mass is 330 g/mol. The number of para-hydroxylation sites is 1. The molecule has 0 saturated heterocycles. The summed E-state index contributed by atoms with van der Waals surface area (Å²) in [5.74, 6) is 0. The first kappa shape index (κ1) is 14.9. The highest BCUT2D eigenvalue weighted by molar-refractivity contribution is 7.22. The van der Waals surface area contributed by atoms with Crippen LogP contribution in [0.25, 0.3) is 10.2 Å². The van der Waals surface area contributed by atoms with Crippen LogP contribution in [0.4, 0.5) is 5.13 Å². The standard InChI is InChI=1S/C21H18N2S/c1-3-9-16(10-4-1)15-19(17-11-5-2-6-12-17)23-21-22-18-13-7-8-14-20(18)24-21/h1-14,19H,15H2,(H,22,23). The van der Waals surface area contributed by atoms with Crippen molar-refractivity contribution in [3.05, 3.63) is 96.1 Å². The third kappa shape index (κ3) is 3.31. The van der Waals surface area contributed by atoms with Gasteiger partial charge in [-0.2, -0.15) is 0 Å². The summed E-state index contributed by atoms with van der Waals surface area (Å²) in [4.78, 5) is 4.73. The Hall–Kier alpha value is -2.65. The van der Waals surface area contributed by atoms with Crippen molar-refractivity contribution in [1.82, 2.24) is 4.98 Å². The number of nitrogens with zero attached hydrogens (tertiary/aromatic N) is 1. The van der Waals surface area contributed by atoms with Gasteiger partial charge >= 0.3 is 0 Å². The molecule has 1 unspecified atom stereocenters. The molecule has 0 saturated carbocycles. The van der Waals surface area contributed by atoms with Crippen LogP contribution in [0.3, 0.4) is 0 Å². The Morgan fingerprint density at radius 2 is 1.46 bits per heavy atom. The van der Waals surface area contributed by atoms with Crippen LogP contribution < -0.4 is 5.32 Å². The quantitative estimate of drug-likeness (QED) is 0.508. The number of hydrogen-bond acceptors (Lipinski definition) is 3. The molecule has 0 fully saturated rings. The first-order chi connectivity index (χ1) is 11.9. The highest BCUT2D eigenvalue weighted by Gasteiger charge is 2.14. The molecular formula is C21H18N2S. The van der Waals surface area contributed by atoms with Gasteiger partial charge in [0.15, 0.2) is 5.13 Å². The summed E-state index contributed by atoms with van der Waals surface area (Å²) in [6.07, 6.45) is 0.931. The van der Waals surface area contributed by atoms with Crippen molar-refractivity contribution in [3.63, 3.8) is 0 Å². The molecule has 0 radical (unpaired) electrons. The fraction of sp³-hybridized carbons (Fsp3) is 0.0952. The normalized spacial score (nSPS) is 12.2. The number of fused-ring (bicyclic) bond motifs is 1. The highest BCUT2D eigenvalue weighted by Crippen LogP contribution is 2.30. The van der Waals surface area contributed by atoms with Gasteiger partial charge in [-0.25, -0.2) is 4.98 Å². The Morgan fingerprint density at radius 1 is 0.792 bits per heavy atom. The van der Waals surface area contributed by atoms with Crippen LogP contribution in [-0.4, -0.2) is 4.98 Å². The molecule has 0 aliphatic heterocycles. The maximum Gasteiger partial charge on any atom is 0.184 e. The molecule has 0 bridgehead atoms. The van der Waals surface area contributed by atoms with Gasteiger partial charge in [-0.1, -0.05) is 84.1 Å². The molecule has 1 aromatic heterocycles. The smallest absolute Gasteiger partial charge is 0.184 e. The maximum atomic E-state index is 4.73. The summed E-state index contributed by atoms with van der Waals surface area (Å²) in [5.41, 5.74) is 3.65. The predicted molar refractivity (Wildman–Crippen MR) is 103 cm³/mol. The van der Waals surface area contributed by atoms with E-state index >= 15 is 0 Å². The fourth-order valence-corrected chi connectivity index (χ4v) is 3.79. The molecule has 1 N–H and O–H groups in total. The lowest BCUT2D eigenvalue weighted by Crippen LogP contribution is -2.13. The molecule has 1 heterocycles. The van der Waals surface area contributed by atoms with Crippen molar-refractivity contribution in [2.24, 2.45) is 0 Å². The molecule has 118 valence electrons. The number of aromatic nitrogens is 1. The van der Waals surface area contributed by atoms with Gasteiger partial charge in [-0.15, -0.1) is 0 Å². The van der Waals surface area contributed by atoms with Gasteiger partial charge in [-0.05, 0) is 29.7 Å². The van der Waals surface area contributed by atoms with E-state index in [1.165, 1.54) is 15.8 Å². The van der Waals surface area contributed by atoms with Crippen LogP contribution >= 0.6 is 11.3 Å². The summed E-state index contributed by atoms with van der Waals surface area (Å²) in [7, 11) is 0. The van der Waals surface area contributed by atoms with Crippen LogP contribution in [-0.2, 0) is 6.42 Å². The number of rotatable bonds is 5. The predicted octanol–water partition coefficient (Wildman–Crippen LogP) is 5.69. The van der Waals surface area contributed by atoms with Gasteiger partial charge in [-0.3, -0.25) is 0 Å². The molecular weight excluding hydrogens is 312 g/mol. The zero-order valence-corrected chi connectivity index (χ0v) is 14.0. The van der Waals surface area contributed by atoms with Crippen LogP contribution in [0.2, 0.25) is 0 Å². The number of benzene rings is 3. The fourth-order valence-electron chi connectivity index (χ4n) is 2.87. The Balaban J connectivity index is 1.64.